The lowest BCUT2D eigenvalue weighted by Gasteiger charge is -2.38. The molecule has 0 aromatic heterocycles. The zero-order valence-electron chi connectivity index (χ0n) is 12.2. The summed E-state index contributed by atoms with van der Waals surface area (Å²) in [5, 5.41) is 14.2. The van der Waals surface area contributed by atoms with Crippen molar-refractivity contribution >= 4 is 0 Å². The van der Waals surface area contributed by atoms with Crippen LogP contribution < -0.4 is 5.32 Å². The van der Waals surface area contributed by atoms with Crippen LogP contribution in [0.25, 0.3) is 0 Å². The first-order chi connectivity index (χ1) is 9.11. The van der Waals surface area contributed by atoms with Crippen LogP contribution in [0.3, 0.4) is 0 Å². The number of hydrogen-bond donors (Lipinski definition) is 2. The Morgan fingerprint density at radius 1 is 1.37 bits per heavy atom. The van der Waals surface area contributed by atoms with Crippen molar-refractivity contribution in [1.82, 2.24) is 10.2 Å². The van der Waals surface area contributed by atoms with E-state index in [1.54, 1.807) is 0 Å². The molecule has 19 heavy (non-hydrogen) atoms. The molecule has 1 aliphatic carbocycles. The normalized spacial score (nSPS) is 34.1. The van der Waals surface area contributed by atoms with Gasteiger partial charge in [0, 0.05) is 25.7 Å². The van der Waals surface area contributed by atoms with Crippen molar-refractivity contribution in [2.24, 2.45) is 5.92 Å². The molecule has 1 saturated carbocycles. The fraction of sp³-hybridized carbons (Fsp3) is 0.875. The van der Waals surface area contributed by atoms with Crippen LogP contribution in [0.4, 0.5) is 0 Å². The summed E-state index contributed by atoms with van der Waals surface area (Å²) >= 11 is 0. The van der Waals surface area contributed by atoms with Crippen molar-refractivity contribution in [1.29, 1.82) is 0 Å². The van der Waals surface area contributed by atoms with Gasteiger partial charge in [-0.05, 0) is 31.6 Å². The minimum atomic E-state index is -0.465. The minimum Gasteiger partial charge on any atom is -0.389 e. The lowest BCUT2D eigenvalue weighted by Crippen LogP contribution is -2.50. The molecule has 1 aliphatic heterocycles. The van der Waals surface area contributed by atoms with Crippen LogP contribution >= 0.6 is 0 Å². The summed E-state index contributed by atoms with van der Waals surface area (Å²) < 4.78 is 0. The number of hydrogen-bond acceptors (Lipinski definition) is 3. The number of aliphatic hydroxyl groups is 1. The van der Waals surface area contributed by atoms with Crippen molar-refractivity contribution < 1.29 is 5.11 Å². The number of nitrogens with one attached hydrogen (secondary N) is 1. The molecule has 1 saturated heterocycles. The van der Waals surface area contributed by atoms with E-state index in [2.05, 4.69) is 23.1 Å². The molecule has 3 nitrogen and oxygen atoms in total. The van der Waals surface area contributed by atoms with E-state index in [-0.39, 0.29) is 0 Å². The molecule has 2 aliphatic rings. The third-order valence-electron chi connectivity index (χ3n) is 4.69. The second kappa shape index (κ2) is 6.74. The molecule has 0 aromatic carbocycles. The molecule has 2 fully saturated rings. The molecule has 1 heterocycles. The first-order valence-corrected chi connectivity index (χ1v) is 7.73. The van der Waals surface area contributed by atoms with Gasteiger partial charge in [0.25, 0.3) is 0 Å². The predicted molar refractivity (Wildman–Crippen MR) is 78.9 cm³/mol. The van der Waals surface area contributed by atoms with Crippen LogP contribution in [0, 0.1) is 18.3 Å². The quantitative estimate of drug-likeness (QED) is 0.757. The second-order valence-electron chi connectivity index (χ2n) is 6.56. The van der Waals surface area contributed by atoms with Gasteiger partial charge in [-0.3, -0.25) is 4.90 Å². The molecular formula is C16H28N2O. The van der Waals surface area contributed by atoms with Gasteiger partial charge in [0.05, 0.1) is 12.1 Å². The van der Waals surface area contributed by atoms with Crippen LogP contribution in [0.2, 0.25) is 0 Å². The highest BCUT2D eigenvalue weighted by molar-refractivity contribution is 4.92. The number of nitrogens with zero attached hydrogens (tertiary/aromatic N) is 1. The molecule has 0 amide bonds. The van der Waals surface area contributed by atoms with Crippen LogP contribution in [-0.4, -0.2) is 47.8 Å². The van der Waals surface area contributed by atoms with Crippen molar-refractivity contribution in [2.45, 2.75) is 57.1 Å². The van der Waals surface area contributed by atoms with Crippen LogP contribution in [0.15, 0.2) is 0 Å². The maximum Gasteiger partial charge on any atom is 0.0774 e. The van der Waals surface area contributed by atoms with Gasteiger partial charge in [-0.15, -0.1) is 6.42 Å². The zero-order valence-corrected chi connectivity index (χ0v) is 12.2. The largest absolute Gasteiger partial charge is 0.389 e. The van der Waals surface area contributed by atoms with E-state index >= 15 is 0 Å². The molecule has 2 atom stereocenters. The first kappa shape index (κ1) is 14.8. The summed E-state index contributed by atoms with van der Waals surface area (Å²) in [6.07, 6.45) is 12.0. The number of terminal acetylenes is 1. The lowest BCUT2D eigenvalue weighted by atomic mass is 9.79. The minimum absolute atomic E-state index is 0.465. The maximum absolute atomic E-state index is 10.6. The van der Waals surface area contributed by atoms with E-state index in [1.165, 1.54) is 12.8 Å². The Kier molecular flexibility index (Phi) is 5.27. The van der Waals surface area contributed by atoms with Gasteiger partial charge in [0.2, 0.25) is 0 Å². The van der Waals surface area contributed by atoms with Crippen molar-refractivity contribution in [3.63, 3.8) is 0 Å². The fourth-order valence-corrected chi connectivity index (χ4v) is 3.55. The Bertz CT molecular complexity index is 317. The summed E-state index contributed by atoms with van der Waals surface area (Å²) in [6.45, 7) is 5.95. The number of rotatable bonds is 4. The summed E-state index contributed by atoms with van der Waals surface area (Å²) in [5.74, 6) is 3.38. The monoisotopic (exact) mass is 264 g/mol. The number of piperidine rings is 1. The van der Waals surface area contributed by atoms with Gasteiger partial charge >= 0.3 is 0 Å². The second-order valence-corrected chi connectivity index (χ2v) is 6.56. The standard InChI is InChI=1S/C16H28N2O/c1-3-9-18-10-6-15(7-11-18)17-13-16(19)8-4-5-14(2)12-16/h1,14-15,17,19H,4-13H2,2H3. The summed E-state index contributed by atoms with van der Waals surface area (Å²) in [6, 6.07) is 0.551. The SMILES string of the molecule is C#CCN1CCC(NCC2(O)CCCC(C)C2)CC1. The van der Waals surface area contributed by atoms with Gasteiger partial charge in [0.1, 0.15) is 0 Å². The van der Waals surface area contributed by atoms with E-state index in [0.717, 1.165) is 51.9 Å². The Morgan fingerprint density at radius 2 is 2.11 bits per heavy atom. The molecule has 0 radical (unpaired) electrons. The van der Waals surface area contributed by atoms with Gasteiger partial charge < -0.3 is 10.4 Å². The maximum atomic E-state index is 10.6. The van der Waals surface area contributed by atoms with Gasteiger partial charge in [-0.25, -0.2) is 0 Å². The molecule has 2 rings (SSSR count). The third kappa shape index (κ3) is 4.49. The van der Waals surface area contributed by atoms with Crippen LogP contribution in [0.1, 0.15) is 45.4 Å². The van der Waals surface area contributed by atoms with Crippen molar-refractivity contribution in [2.75, 3.05) is 26.2 Å². The summed E-state index contributed by atoms with van der Waals surface area (Å²) in [7, 11) is 0. The summed E-state index contributed by atoms with van der Waals surface area (Å²) in [5.41, 5.74) is -0.465. The molecule has 3 heteroatoms. The fourth-order valence-electron chi connectivity index (χ4n) is 3.55. The molecular weight excluding hydrogens is 236 g/mol. The Morgan fingerprint density at radius 3 is 2.74 bits per heavy atom. The topological polar surface area (TPSA) is 35.5 Å². The highest BCUT2D eigenvalue weighted by atomic mass is 16.3. The molecule has 0 bridgehead atoms. The average molecular weight is 264 g/mol. The Balaban J connectivity index is 1.70. The smallest absolute Gasteiger partial charge is 0.0774 e. The van der Waals surface area contributed by atoms with Crippen LogP contribution in [-0.2, 0) is 0 Å². The van der Waals surface area contributed by atoms with E-state index < -0.39 is 5.60 Å². The van der Waals surface area contributed by atoms with E-state index in [4.69, 9.17) is 6.42 Å². The van der Waals surface area contributed by atoms with E-state index in [1.807, 2.05) is 0 Å². The summed E-state index contributed by atoms with van der Waals surface area (Å²) in [4.78, 5) is 2.33. The lowest BCUT2D eigenvalue weighted by molar-refractivity contribution is -0.0151. The van der Waals surface area contributed by atoms with Crippen LogP contribution in [0.5, 0.6) is 0 Å². The first-order valence-electron chi connectivity index (χ1n) is 7.73. The molecule has 0 aromatic rings. The molecule has 2 unspecified atom stereocenters. The molecule has 108 valence electrons. The predicted octanol–water partition coefficient (Wildman–Crippen LogP) is 1.61. The van der Waals surface area contributed by atoms with E-state index in [9.17, 15) is 5.11 Å². The van der Waals surface area contributed by atoms with Gasteiger partial charge in [-0.1, -0.05) is 25.7 Å². The molecule has 2 N–H and O–H groups in total. The van der Waals surface area contributed by atoms with E-state index in [0.29, 0.717) is 12.0 Å². The zero-order chi connectivity index (χ0) is 13.7. The van der Waals surface area contributed by atoms with Crippen molar-refractivity contribution in [3.8, 4) is 12.3 Å². The van der Waals surface area contributed by atoms with Gasteiger partial charge in [-0.2, -0.15) is 0 Å². The highest BCUT2D eigenvalue weighted by Crippen LogP contribution is 2.31. The third-order valence-corrected chi connectivity index (χ3v) is 4.69. The van der Waals surface area contributed by atoms with Gasteiger partial charge in [0.15, 0.2) is 0 Å². The average Bonchev–Trinajstić information content (AvgIpc) is 2.38. The molecule has 0 spiro atoms. The Labute approximate surface area is 117 Å². The van der Waals surface area contributed by atoms with Crippen molar-refractivity contribution in [3.05, 3.63) is 0 Å². The number of likely N-dealkylation sites (tertiary alicyclic amines) is 1. The Hall–Kier alpha value is -0.560. The highest BCUT2D eigenvalue weighted by Gasteiger charge is 2.33.